The van der Waals surface area contributed by atoms with Crippen LogP contribution in [0.3, 0.4) is 0 Å². The van der Waals surface area contributed by atoms with Gasteiger partial charge in [0.1, 0.15) is 5.75 Å². The number of rotatable bonds is 4. The van der Waals surface area contributed by atoms with Gasteiger partial charge in [-0.3, -0.25) is 4.79 Å². The highest BCUT2D eigenvalue weighted by molar-refractivity contribution is 7.12. The van der Waals surface area contributed by atoms with Crippen molar-refractivity contribution in [2.24, 2.45) is 0 Å². The molecule has 2 atom stereocenters. The Morgan fingerprint density at radius 2 is 1.85 bits per heavy atom. The fraction of sp³-hybridized carbons (Fsp3) is 0.389. The highest BCUT2D eigenvalue weighted by Gasteiger charge is 2.31. The second-order valence-electron chi connectivity index (χ2n) is 6.20. The molecular formula is C18H18F3NO3S. The maximum Gasteiger partial charge on any atom is 0.573 e. The molecule has 1 fully saturated rings. The first-order chi connectivity index (χ1) is 12.3. The van der Waals surface area contributed by atoms with Gasteiger partial charge in [-0.1, -0.05) is 25.0 Å². The smallest absolute Gasteiger partial charge is 0.406 e. The molecule has 0 saturated heterocycles. The van der Waals surface area contributed by atoms with Crippen LogP contribution >= 0.6 is 11.3 Å². The van der Waals surface area contributed by atoms with Crippen LogP contribution in [0.25, 0.3) is 11.1 Å². The molecule has 140 valence electrons. The van der Waals surface area contributed by atoms with Gasteiger partial charge >= 0.3 is 6.36 Å². The van der Waals surface area contributed by atoms with E-state index in [0.29, 0.717) is 16.9 Å². The van der Waals surface area contributed by atoms with Crippen molar-refractivity contribution < 1.29 is 27.8 Å². The maximum atomic E-state index is 12.4. The van der Waals surface area contributed by atoms with Gasteiger partial charge in [0.25, 0.3) is 5.91 Å². The molecule has 2 N–H and O–H groups in total. The first-order valence-electron chi connectivity index (χ1n) is 8.25. The molecule has 1 aromatic heterocycles. The highest BCUT2D eigenvalue weighted by Crippen LogP contribution is 2.29. The summed E-state index contributed by atoms with van der Waals surface area (Å²) in [5, 5.41) is 14.6. The number of carbonyl (C=O) groups excluding carboxylic acids is 1. The van der Waals surface area contributed by atoms with Crippen molar-refractivity contribution in [3.05, 3.63) is 40.6 Å². The molecule has 1 heterocycles. The summed E-state index contributed by atoms with van der Waals surface area (Å²) in [7, 11) is 0. The number of hydrogen-bond donors (Lipinski definition) is 2. The van der Waals surface area contributed by atoms with Gasteiger partial charge in [0.15, 0.2) is 0 Å². The van der Waals surface area contributed by atoms with E-state index in [1.165, 1.54) is 35.6 Å². The Morgan fingerprint density at radius 3 is 2.50 bits per heavy atom. The Labute approximate surface area is 152 Å². The van der Waals surface area contributed by atoms with Gasteiger partial charge in [-0.2, -0.15) is 0 Å². The largest absolute Gasteiger partial charge is 0.573 e. The molecule has 2 aromatic rings. The number of benzene rings is 1. The summed E-state index contributed by atoms with van der Waals surface area (Å²) >= 11 is 1.25. The van der Waals surface area contributed by atoms with Crippen LogP contribution in [-0.2, 0) is 0 Å². The van der Waals surface area contributed by atoms with Crippen molar-refractivity contribution in [3.8, 4) is 16.9 Å². The Hall–Kier alpha value is -2.06. The number of amides is 1. The van der Waals surface area contributed by atoms with Gasteiger partial charge < -0.3 is 15.2 Å². The summed E-state index contributed by atoms with van der Waals surface area (Å²) in [5.74, 6) is -0.537. The number of carbonyl (C=O) groups is 1. The van der Waals surface area contributed by atoms with Gasteiger partial charge in [0.2, 0.25) is 0 Å². The van der Waals surface area contributed by atoms with Crippen molar-refractivity contribution in [1.82, 2.24) is 5.32 Å². The molecule has 1 aliphatic carbocycles. The van der Waals surface area contributed by atoms with Gasteiger partial charge in [-0.25, -0.2) is 0 Å². The summed E-state index contributed by atoms with van der Waals surface area (Å²) in [6, 6.07) is 6.94. The predicted octanol–water partition coefficient (Wildman–Crippen LogP) is 4.35. The molecule has 1 saturated carbocycles. The summed E-state index contributed by atoms with van der Waals surface area (Å²) in [5.41, 5.74) is 1.43. The number of alkyl halides is 3. The van der Waals surface area contributed by atoms with Crippen molar-refractivity contribution >= 4 is 17.2 Å². The average Bonchev–Trinajstić information content (AvgIpc) is 3.06. The van der Waals surface area contributed by atoms with Gasteiger partial charge in [-0.15, -0.1) is 24.5 Å². The molecule has 26 heavy (non-hydrogen) atoms. The lowest BCUT2D eigenvalue weighted by molar-refractivity contribution is -0.274. The Bertz CT molecular complexity index is 758. The molecule has 4 nitrogen and oxygen atoms in total. The normalized spacial score (nSPS) is 20.6. The summed E-state index contributed by atoms with van der Waals surface area (Å²) in [4.78, 5) is 12.9. The first-order valence-corrected chi connectivity index (χ1v) is 9.13. The second-order valence-corrected chi connectivity index (χ2v) is 7.11. The molecule has 0 bridgehead atoms. The van der Waals surface area contributed by atoms with Crippen LogP contribution in [0, 0.1) is 0 Å². The average molecular weight is 385 g/mol. The van der Waals surface area contributed by atoms with Gasteiger partial charge in [-0.05, 0) is 47.5 Å². The van der Waals surface area contributed by atoms with Crippen LogP contribution in [0.4, 0.5) is 13.2 Å². The summed E-state index contributed by atoms with van der Waals surface area (Å²) in [6.45, 7) is 0. The van der Waals surface area contributed by atoms with Crippen molar-refractivity contribution in [2.45, 2.75) is 44.2 Å². The number of hydrogen-bond acceptors (Lipinski definition) is 4. The van der Waals surface area contributed by atoms with E-state index in [0.717, 1.165) is 24.8 Å². The highest BCUT2D eigenvalue weighted by atomic mass is 32.1. The fourth-order valence-corrected chi connectivity index (χ4v) is 3.79. The monoisotopic (exact) mass is 385 g/mol. The van der Waals surface area contributed by atoms with Crippen molar-refractivity contribution in [3.63, 3.8) is 0 Å². The van der Waals surface area contributed by atoms with E-state index < -0.39 is 12.5 Å². The summed E-state index contributed by atoms with van der Waals surface area (Å²) < 4.78 is 40.4. The van der Waals surface area contributed by atoms with E-state index >= 15 is 0 Å². The van der Waals surface area contributed by atoms with E-state index in [1.807, 2.05) is 0 Å². The van der Waals surface area contributed by atoms with E-state index in [4.69, 9.17) is 0 Å². The van der Waals surface area contributed by atoms with E-state index in [1.54, 1.807) is 11.4 Å². The first kappa shape index (κ1) is 18.7. The van der Waals surface area contributed by atoms with Crippen LogP contribution in [0.5, 0.6) is 5.75 Å². The zero-order valence-electron chi connectivity index (χ0n) is 13.8. The third kappa shape index (κ3) is 4.76. The van der Waals surface area contributed by atoms with E-state index in [-0.39, 0.29) is 17.7 Å². The number of aliphatic hydroxyl groups excluding tert-OH is 1. The summed E-state index contributed by atoms with van der Waals surface area (Å²) in [6.07, 6.45) is -1.86. The van der Waals surface area contributed by atoms with Crippen LogP contribution in [0.2, 0.25) is 0 Å². The minimum Gasteiger partial charge on any atom is -0.406 e. The van der Waals surface area contributed by atoms with Crippen LogP contribution in [0.1, 0.15) is 35.4 Å². The lowest BCUT2D eigenvalue weighted by Gasteiger charge is -2.28. The lowest BCUT2D eigenvalue weighted by Crippen LogP contribution is -2.44. The molecule has 0 radical (unpaired) electrons. The van der Waals surface area contributed by atoms with E-state index in [9.17, 15) is 23.1 Å². The predicted molar refractivity (Wildman–Crippen MR) is 92.2 cm³/mol. The molecule has 0 spiro atoms. The van der Waals surface area contributed by atoms with Crippen molar-refractivity contribution in [1.29, 1.82) is 0 Å². The molecule has 0 aliphatic heterocycles. The Kier molecular flexibility index (Phi) is 5.52. The molecule has 1 amide bonds. The second kappa shape index (κ2) is 7.67. The number of nitrogens with one attached hydrogen (secondary N) is 1. The topological polar surface area (TPSA) is 58.6 Å². The minimum atomic E-state index is -4.72. The molecule has 8 heteroatoms. The fourth-order valence-electron chi connectivity index (χ4n) is 2.97. The number of halogens is 3. The van der Waals surface area contributed by atoms with Gasteiger partial charge in [0, 0.05) is 0 Å². The Morgan fingerprint density at radius 1 is 1.15 bits per heavy atom. The third-order valence-corrected chi connectivity index (χ3v) is 5.22. The molecule has 1 aromatic carbocycles. The zero-order chi connectivity index (χ0) is 18.7. The molecular weight excluding hydrogens is 367 g/mol. The molecule has 1 aliphatic rings. The van der Waals surface area contributed by atoms with Gasteiger partial charge in [0.05, 0.1) is 17.0 Å². The number of aliphatic hydroxyl groups is 1. The zero-order valence-corrected chi connectivity index (χ0v) is 14.6. The molecule has 2 unspecified atom stereocenters. The number of thiophene rings is 1. The van der Waals surface area contributed by atoms with Crippen LogP contribution in [0.15, 0.2) is 35.7 Å². The van der Waals surface area contributed by atoms with Crippen LogP contribution < -0.4 is 10.1 Å². The molecule has 3 rings (SSSR count). The Balaban J connectivity index is 1.66. The maximum absolute atomic E-state index is 12.4. The quantitative estimate of drug-likeness (QED) is 0.823. The minimum absolute atomic E-state index is 0.236. The standard InChI is InChI=1S/C18H18F3NO3S/c19-18(20,21)25-13-7-5-11(6-8-13)12-9-16(26-10-12)17(24)22-14-3-1-2-4-15(14)23/h5-10,14-15,23H,1-4H2,(H,22,24). The lowest BCUT2D eigenvalue weighted by atomic mass is 9.92. The van der Waals surface area contributed by atoms with E-state index in [2.05, 4.69) is 10.1 Å². The van der Waals surface area contributed by atoms with Crippen molar-refractivity contribution in [2.75, 3.05) is 0 Å². The van der Waals surface area contributed by atoms with Crippen LogP contribution in [-0.4, -0.2) is 29.5 Å². The SMILES string of the molecule is O=C(NC1CCCCC1O)c1cc(-c2ccc(OC(F)(F)F)cc2)cs1. The number of ether oxygens (including phenoxy) is 1. The third-order valence-electron chi connectivity index (χ3n) is 4.29.